The number of nitrogens with two attached hydrogens (primary N) is 1. The number of amides is 2. The second-order valence-corrected chi connectivity index (χ2v) is 5.44. The maximum absolute atomic E-state index is 11.9. The highest BCUT2D eigenvalue weighted by Crippen LogP contribution is 2.34. The molecule has 0 bridgehead atoms. The minimum Gasteiger partial charge on any atom is -0.454 e. The second-order valence-electron chi connectivity index (χ2n) is 4.22. The molecule has 0 fully saturated rings. The fourth-order valence-corrected chi connectivity index (χ4v) is 2.71. The maximum Gasteiger partial charge on any atom is 0.262 e. The Balaban J connectivity index is 1.61. The monoisotopic (exact) mass is 293 g/mol. The summed E-state index contributed by atoms with van der Waals surface area (Å²) in [4.78, 5) is 26.9. The van der Waals surface area contributed by atoms with Crippen LogP contribution in [-0.4, -0.2) is 29.0 Å². The Kier molecular flexibility index (Phi) is 3.23. The van der Waals surface area contributed by atoms with Crippen molar-refractivity contribution in [3.63, 3.8) is 0 Å². The third-order valence-corrected chi connectivity index (χ3v) is 3.77. The van der Waals surface area contributed by atoms with Crippen molar-refractivity contribution in [1.29, 1.82) is 0 Å². The lowest BCUT2D eigenvalue weighted by Gasteiger charge is -2.08. The number of ether oxygens (including phenoxy) is 2. The molecule has 0 aliphatic carbocycles. The summed E-state index contributed by atoms with van der Waals surface area (Å²) in [6.45, 7) is 0.177. The van der Waals surface area contributed by atoms with Gasteiger partial charge in [0, 0.05) is 18.2 Å². The smallest absolute Gasteiger partial charge is 0.262 e. The summed E-state index contributed by atoms with van der Waals surface area (Å²) in [6, 6.07) is 5.10. The molecule has 2 aliphatic rings. The Morgan fingerprint density at radius 2 is 2.25 bits per heavy atom. The zero-order valence-electron chi connectivity index (χ0n) is 10.3. The molecule has 2 aliphatic heterocycles. The van der Waals surface area contributed by atoms with E-state index < -0.39 is 5.25 Å². The number of fused-ring (bicyclic) bond motifs is 1. The van der Waals surface area contributed by atoms with Crippen LogP contribution in [0, 0.1) is 0 Å². The third kappa shape index (κ3) is 2.55. The first-order valence-corrected chi connectivity index (χ1v) is 6.74. The van der Waals surface area contributed by atoms with Gasteiger partial charge in [-0.3, -0.25) is 9.59 Å². The number of anilines is 1. The van der Waals surface area contributed by atoms with E-state index in [0.717, 1.165) is 11.8 Å². The Labute approximate surface area is 118 Å². The van der Waals surface area contributed by atoms with Crippen LogP contribution in [0.15, 0.2) is 23.2 Å². The molecule has 0 spiro atoms. The van der Waals surface area contributed by atoms with Crippen LogP contribution in [0.3, 0.4) is 0 Å². The van der Waals surface area contributed by atoms with Crippen molar-refractivity contribution in [3.8, 4) is 11.5 Å². The highest BCUT2D eigenvalue weighted by Gasteiger charge is 2.29. The lowest BCUT2D eigenvalue weighted by Crippen LogP contribution is -2.21. The fourth-order valence-electron chi connectivity index (χ4n) is 1.89. The van der Waals surface area contributed by atoms with Gasteiger partial charge in [-0.15, -0.1) is 0 Å². The van der Waals surface area contributed by atoms with E-state index in [1.165, 1.54) is 0 Å². The Morgan fingerprint density at radius 3 is 3.00 bits per heavy atom. The van der Waals surface area contributed by atoms with E-state index in [1.54, 1.807) is 18.2 Å². The van der Waals surface area contributed by atoms with Gasteiger partial charge in [0.05, 0.1) is 0 Å². The van der Waals surface area contributed by atoms with Gasteiger partial charge in [-0.1, -0.05) is 11.8 Å². The molecule has 7 nitrogen and oxygen atoms in total. The van der Waals surface area contributed by atoms with Crippen molar-refractivity contribution in [3.05, 3.63) is 18.2 Å². The van der Waals surface area contributed by atoms with Crippen LogP contribution < -0.4 is 20.5 Å². The standard InChI is InChI=1S/C12H11N3O4S/c13-12-15-11(17)9(20-12)4-10(16)14-6-1-2-7-8(3-6)19-5-18-7/h1-3,9H,4-5H2,(H,14,16)(H2,13,15,17)/t9-/m0/s1. The molecule has 3 N–H and O–H groups in total. The number of hydrogen-bond acceptors (Lipinski definition) is 6. The van der Waals surface area contributed by atoms with Crippen molar-refractivity contribution in [2.45, 2.75) is 11.7 Å². The van der Waals surface area contributed by atoms with Crippen LogP contribution in [0.4, 0.5) is 5.69 Å². The third-order valence-electron chi connectivity index (χ3n) is 2.79. The van der Waals surface area contributed by atoms with Crippen LogP contribution >= 0.6 is 11.8 Å². The molecule has 0 unspecified atom stereocenters. The van der Waals surface area contributed by atoms with Crippen LogP contribution in [0.5, 0.6) is 11.5 Å². The molecule has 0 saturated carbocycles. The largest absolute Gasteiger partial charge is 0.454 e. The molecule has 0 radical (unpaired) electrons. The van der Waals surface area contributed by atoms with Crippen molar-refractivity contribution < 1.29 is 19.1 Å². The Hall–Kier alpha value is -2.22. The van der Waals surface area contributed by atoms with Gasteiger partial charge in [0.2, 0.25) is 12.7 Å². The van der Waals surface area contributed by atoms with Gasteiger partial charge in [0.1, 0.15) is 5.25 Å². The highest BCUT2D eigenvalue weighted by molar-refractivity contribution is 8.15. The number of aliphatic imine (C=N–C) groups is 1. The van der Waals surface area contributed by atoms with Gasteiger partial charge in [-0.2, -0.15) is 4.99 Å². The molecular weight excluding hydrogens is 282 g/mol. The molecule has 20 heavy (non-hydrogen) atoms. The first-order valence-electron chi connectivity index (χ1n) is 5.86. The minimum absolute atomic E-state index is 0.0299. The van der Waals surface area contributed by atoms with E-state index in [2.05, 4.69) is 10.3 Å². The molecule has 1 atom stereocenters. The summed E-state index contributed by atoms with van der Waals surface area (Å²) in [6.07, 6.45) is 0.0299. The number of hydrogen-bond donors (Lipinski definition) is 2. The quantitative estimate of drug-likeness (QED) is 0.850. The summed E-state index contributed by atoms with van der Waals surface area (Å²) < 4.78 is 10.4. The average Bonchev–Trinajstić information content (AvgIpc) is 2.96. The van der Waals surface area contributed by atoms with Crippen LogP contribution in [-0.2, 0) is 9.59 Å². The molecule has 2 heterocycles. The molecule has 2 amide bonds. The number of nitrogens with zero attached hydrogens (tertiary/aromatic N) is 1. The number of thioether (sulfide) groups is 1. The summed E-state index contributed by atoms with van der Waals surface area (Å²) in [5.74, 6) is 0.584. The van der Waals surface area contributed by atoms with Gasteiger partial charge in [-0.25, -0.2) is 0 Å². The number of amidine groups is 1. The van der Waals surface area contributed by atoms with Gasteiger partial charge in [0.25, 0.3) is 5.91 Å². The van der Waals surface area contributed by atoms with Crippen molar-refractivity contribution in [2.75, 3.05) is 12.1 Å². The molecule has 0 saturated heterocycles. The summed E-state index contributed by atoms with van der Waals surface area (Å²) in [5, 5.41) is 2.37. The van der Waals surface area contributed by atoms with Crippen LogP contribution in [0.25, 0.3) is 0 Å². The number of nitrogens with one attached hydrogen (secondary N) is 1. The topological polar surface area (TPSA) is 103 Å². The predicted octanol–water partition coefficient (Wildman–Crippen LogP) is 0.701. The van der Waals surface area contributed by atoms with Gasteiger partial charge < -0.3 is 20.5 Å². The molecule has 1 aromatic rings. The number of benzene rings is 1. The normalized spacial score (nSPS) is 19.9. The minimum atomic E-state index is -0.538. The zero-order valence-corrected chi connectivity index (χ0v) is 11.1. The van der Waals surface area contributed by atoms with E-state index in [9.17, 15) is 9.59 Å². The highest BCUT2D eigenvalue weighted by atomic mass is 32.2. The van der Waals surface area contributed by atoms with E-state index in [-0.39, 0.29) is 30.2 Å². The van der Waals surface area contributed by atoms with E-state index in [4.69, 9.17) is 15.2 Å². The fraction of sp³-hybridized carbons (Fsp3) is 0.250. The molecule has 8 heteroatoms. The van der Waals surface area contributed by atoms with Crippen molar-refractivity contribution >= 4 is 34.4 Å². The van der Waals surface area contributed by atoms with Gasteiger partial charge >= 0.3 is 0 Å². The first kappa shape index (κ1) is 12.8. The lowest BCUT2D eigenvalue weighted by molar-refractivity contribution is -0.121. The molecule has 1 aromatic carbocycles. The number of carbonyl (C=O) groups excluding carboxylic acids is 2. The molecule has 104 valence electrons. The van der Waals surface area contributed by atoms with Gasteiger partial charge in [-0.05, 0) is 12.1 Å². The number of rotatable bonds is 3. The van der Waals surface area contributed by atoms with E-state index in [0.29, 0.717) is 17.2 Å². The zero-order chi connectivity index (χ0) is 14.1. The Morgan fingerprint density at radius 1 is 1.45 bits per heavy atom. The van der Waals surface area contributed by atoms with E-state index >= 15 is 0 Å². The predicted molar refractivity (Wildman–Crippen MR) is 73.8 cm³/mol. The lowest BCUT2D eigenvalue weighted by atomic mass is 10.2. The van der Waals surface area contributed by atoms with Crippen molar-refractivity contribution in [2.24, 2.45) is 10.7 Å². The molecule has 0 aromatic heterocycles. The molecular formula is C12H11N3O4S. The average molecular weight is 293 g/mol. The first-order chi connectivity index (χ1) is 9.61. The van der Waals surface area contributed by atoms with E-state index in [1.807, 2.05) is 0 Å². The second kappa shape index (κ2) is 5.04. The summed E-state index contributed by atoms with van der Waals surface area (Å²) in [7, 11) is 0. The summed E-state index contributed by atoms with van der Waals surface area (Å²) in [5.41, 5.74) is 6.02. The van der Waals surface area contributed by atoms with Crippen molar-refractivity contribution in [1.82, 2.24) is 0 Å². The van der Waals surface area contributed by atoms with Crippen LogP contribution in [0.1, 0.15) is 6.42 Å². The Bertz CT molecular complexity index is 617. The molecule has 3 rings (SSSR count). The van der Waals surface area contributed by atoms with Crippen LogP contribution in [0.2, 0.25) is 0 Å². The maximum atomic E-state index is 11.9. The SMILES string of the molecule is NC1=NC(=O)[C@H](CC(=O)Nc2ccc3c(c2)OCO3)S1. The van der Waals surface area contributed by atoms with Gasteiger partial charge in [0.15, 0.2) is 16.7 Å². The summed E-state index contributed by atoms with van der Waals surface area (Å²) >= 11 is 1.11. The number of carbonyl (C=O) groups is 2.